The number of carbonyl (C=O) groups excluding carboxylic acids is 2. The van der Waals surface area contributed by atoms with E-state index in [9.17, 15) is 9.59 Å². The maximum atomic E-state index is 10.8. The minimum absolute atomic E-state index is 0.0779. The molecule has 0 unspecified atom stereocenters. The van der Waals surface area contributed by atoms with E-state index in [4.69, 9.17) is 4.74 Å². The van der Waals surface area contributed by atoms with Gasteiger partial charge in [0.2, 0.25) is 0 Å². The molecule has 0 amide bonds. The predicted molar refractivity (Wildman–Crippen MR) is 54.8 cm³/mol. The van der Waals surface area contributed by atoms with Crippen molar-refractivity contribution in [1.29, 1.82) is 0 Å². The highest BCUT2D eigenvalue weighted by Crippen LogP contribution is 2.14. The molecular formula is C11H18O3. The molecule has 0 bridgehead atoms. The Morgan fingerprint density at radius 1 is 1.43 bits per heavy atom. The van der Waals surface area contributed by atoms with Gasteiger partial charge in [-0.3, -0.25) is 9.59 Å². The molecule has 0 spiro atoms. The Kier molecular flexibility index (Phi) is 5.84. The summed E-state index contributed by atoms with van der Waals surface area (Å²) < 4.78 is 5.11. The molecule has 0 radical (unpaired) electrons. The van der Waals surface area contributed by atoms with Crippen molar-refractivity contribution in [3.8, 4) is 0 Å². The van der Waals surface area contributed by atoms with Crippen LogP contribution in [0.1, 0.15) is 34.1 Å². The second-order valence-corrected chi connectivity index (χ2v) is 3.44. The third-order valence-corrected chi connectivity index (χ3v) is 2.02. The van der Waals surface area contributed by atoms with Crippen molar-refractivity contribution in [1.82, 2.24) is 0 Å². The van der Waals surface area contributed by atoms with Gasteiger partial charge in [0.15, 0.2) is 0 Å². The molecule has 0 rings (SSSR count). The first-order valence-corrected chi connectivity index (χ1v) is 4.82. The summed E-state index contributed by atoms with van der Waals surface area (Å²) in [7, 11) is 0. The summed E-state index contributed by atoms with van der Waals surface area (Å²) in [6.07, 6.45) is 3.24. The minimum atomic E-state index is -0.277. The first-order valence-electron chi connectivity index (χ1n) is 4.82. The first kappa shape index (κ1) is 12.9. The number of hydrogen-bond acceptors (Lipinski definition) is 3. The Bertz CT molecular complexity index is 231. The highest BCUT2D eigenvalue weighted by atomic mass is 16.5. The first-order chi connectivity index (χ1) is 6.51. The predicted octanol–water partition coefficient (Wildman–Crippen LogP) is 2.11. The molecule has 80 valence electrons. The standard InChI is InChI=1S/C11H18O3/c1-5-11(14-10(4)13)9(3)6-8(2)7-12/h6-7,9,11H,5H2,1-4H3/b8-6+/t9-,11+/m0/s1. The number of allylic oxidation sites excluding steroid dienone is 1. The van der Waals surface area contributed by atoms with E-state index < -0.39 is 0 Å². The fraction of sp³-hybridized carbons (Fsp3) is 0.636. The van der Waals surface area contributed by atoms with Crippen LogP contribution in [0.25, 0.3) is 0 Å². The van der Waals surface area contributed by atoms with E-state index in [1.807, 2.05) is 19.9 Å². The monoisotopic (exact) mass is 198 g/mol. The third-order valence-electron chi connectivity index (χ3n) is 2.02. The molecule has 0 aliphatic carbocycles. The SMILES string of the molecule is CC[C@@H](OC(C)=O)[C@@H](C)/C=C(\C)C=O. The lowest BCUT2D eigenvalue weighted by Gasteiger charge is -2.19. The van der Waals surface area contributed by atoms with Crippen LogP contribution in [0.2, 0.25) is 0 Å². The van der Waals surface area contributed by atoms with Gasteiger partial charge >= 0.3 is 5.97 Å². The van der Waals surface area contributed by atoms with E-state index in [1.54, 1.807) is 6.92 Å². The summed E-state index contributed by atoms with van der Waals surface area (Å²) in [4.78, 5) is 21.2. The summed E-state index contributed by atoms with van der Waals surface area (Å²) in [5.41, 5.74) is 0.670. The zero-order chi connectivity index (χ0) is 11.1. The Morgan fingerprint density at radius 2 is 2.00 bits per heavy atom. The number of hydrogen-bond donors (Lipinski definition) is 0. The van der Waals surface area contributed by atoms with Gasteiger partial charge in [0.05, 0.1) is 0 Å². The zero-order valence-corrected chi connectivity index (χ0v) is 9.24. The molecule has 3 nitrogen and oxygen atoms in total. The highest BCUT2D eigenvalue weighted by molar-refractivity contribution is 5.72. The maximum Gasteiger partial charge on any atom is 0.302 e. The van der Waals surface area contributed by atoms with E-state index in [1.165, 1.54) is 6.92 Å². The van der Waals surface area contributed by atoms with E-state index in [2.05, 4.69) is 0 Å². The number of aldehydes is 1. The molecule has 0 aromatic rings. The van der Waals surface area contributed by atoms with Crippen LogP contribution in [0.5, 0.6) is 0 Å². The van der Waals surface area contributed by atoms with Gasteiger partial charge in [-0.2, -0.15) is 0 Å². The number of rotatable bonds is 5. The molecule has 0 aliphatic heterocycles. The van der Waals surface area contributed by atoms with Crippen molar-refractivity contribution in [2.45, 2.75) is 40.2 Å². The summed E-state index contributed by atoms with van der Waals surface area (Å²) in [5, 5.41) is 0. The van der Waals surface area contributed by atoms with Gasteiger partial charge in [-0.25, -0.2) is 0 Å². The van der Waals surface area contributed by atoms with Gasteiger partial charge in [-0.1, -0.05) is 19.9 Å². The average molecular weight is 198 g/mol. The molecule has 14 heavy (non-hydrogen) atoms. The molecule has 0 saturated carbocycles. The summed E-state index contributed by atoms with van der Waals surface area (Å²) >= 11 is 0. The van der Waals surface area contributed by atoms with Crippen LogP contribution >= 0.6 is 0 Å². The quantitative estimate of drug-likeness (QED) is 0.386. The zero-order valence-electron chi connectivity index (χ0n) is 9.24. The maximum absolute atomic E-state index is 10.8. The van der Waals surface area contributed by atoms with Gasteiger partial charge in [0.25, 0.3) is 0 Å². The molecule has 0 saturated heterocycles. The molecular weight excluding hydrogens is 180 g/mol. The van der Waals surface area contributed by atoms with E-state index in [0.717, 1.165) is 12.7 Å². The summed E-state index contributed by atoms with van der Waals surface area (Å²) in [5.74, 6) is -0.199. The van der Waals surface area contributed by atoms with E-state index in [-0.39, 0.29) is 18.0 Å². The molecule has 0 aliphatic rings. The van der Waals surface area contributed by atoms with Crippen molar-refractivity contribution in [2.75, 3.05) is 0 Å². The molecule has 0 N–H and O–H groups in total. The van der Waals surface area contributed by atoms with Crippen molar-refractivity contribution < 1.29 is 14.3 Å². The Morgan fingerprint density at radius 3 is 2.36 bits per heavy atom. The van der Waals surface area contributed by atoms with Crippen molar-refractivity contribution >= 4 is 12.3 Å². The number of ether oxygens (including phenoxy) is 1. The molecule has 0 fully saturated rings. The second kappa shape index (κ2) is 6.35. The topological polar surface area (TPSA) is 43.4 Å². The van der Waals surface area contributed by atoms with Gasteiger partial charge < -0.3 is 4.74 Å². The van der Waals surface area contributed by atoms with Crippen LogP contribution in [0.3, 0.4) is 0 Å². The lowest BCUT2D eigenvalue weighted by Crippen LogP contribution is -2.22. The van der Waals surface area contributed by atoms with Gasteiger partial charge in [-0.15, -0.1) is 0 Å². The third kappa shape index (κ3) is 4.80. The van der Waals surface area contributed by atoms with Crippen LogP contribution in [0.4, 0.5) is 0 Å². The average Bonchev–Trinajstić information content (AvgIpc) is 2.13. The van der Waals surface area contributed by atoms with E-state index >= 15 is 0 Å². The number of carbonyl (C=O) groups is 2. The summed E-state index contributed by atoms with van der Waals surface area (Å²) in [6.45, 7) is 7.02. The van der Waals surface area contributed by atoms with E-state index in [0.29, 0.717) is 5.57 Å². The highest BCUT2D eigenvalue weighted by Gasteiger charge is 2.16. The molecule has 0 heterocycles. The minimum Gasteiger partial charge on any atom is -0.462 e. The fourth-order valence-corrected chi connectivity index (χ4v) is 1.34. The lowest BCUT2D eigenvalue weighted by molar-refractivity contribution is -0.148. The molecule has 0 aromatic heterocycles. The van der Waals surface area contributed by atoms with Gasteiger partial charge in [0, 0.05) is 12.8 Å². The Labute approximate surface area is 85.1 Å². The molecule has 0 aromatic carbocycles. The van der Waals surface area contributed by atoms with Crippen LogP contribution in [-0.4, -0.2) is 18.4 Å². The van der Waals surface area contributed by atoms with Crippen molar-refractivity contribution in [2.24, 2.45) is 5.92 Å². The van der Waals surface area contributed by atoms with Crippen LogP contribution in [0.15, 0.2) is 11.6 Å². The lowest BCUT2D eigenvalue weighted by atomic mass is 10.00. The smallest absolute Gasteiger partial charge is 0.302 e. The molecule has 2 atom stereocenters. The normalized spacial score (nSPS) is 15.9. The van der Waals surface area contributed by atoms with Crippen LogP contribution in [0, 0.1) is 5.92 Å². The Hall–Kier alpha value is -1.12. The van der Waals surface area contributed by atoms with Crippen LogP contribution < -0.4 is 0 Å². The second-order valence-electron chi connectivity index (χ2n) is 3.44. The van der Waals surface area contributed by atoms with Crippen molar-refractivity contribution in [3.05, 3.63) is 11.6 Å². The van der Waals surface area contributed by atoms with Crippen molar-refractivity contribution in [3.63, 3.8) is 0 Å². The van der Waals surface area contributed by atoms with Gasteiger partial charge in [0.1, 0.15) is 12.4 Å². The van der Waals surface area contributed by atoms with Gasteiger partial charge in [-0.05, 0) is 18.9 Å². The van der Waals surface area contributed by atoms with Crippen LogP contribution in [-0.2, 0) is 14.3 Å². The largest absolute Gasteiger partial charge is 0.462 e. The number of esters is 1. The fourth-order valence-electron chi connectivity index (χ4n) is 1.34. The summed E-state index contributed by atoms with van der Waals surface area (Å²) in [6, 6.07) is 0. The molecule has 3 heteroatoms. The Balaban J connectivity index is 4.37.